The predicted molar refractivity (Wildman–Crippen MR) is 99.0 cm³/mol. The molecule has 0 unspecified atom stereocenters. The average Bonchev–Trinajstić information content (AvgIpc) is 2.90. The van der Waals surface area contributed by atoms with Gasteiger partial charge in [-0.05, 0) is 37.2 Å². The summed E-state index contributed by atoms with van der Waals surface area (Å²) >= 11 is 1.90. The quantitative estimate of drug-likeness (QED) is 0.284. The van der Waals surface area contributed by atoms with Gasteiger partial charge in [0.25, 0.3) is 0 Å². The molecule has 0 spiro atoms. The summed E-state index contributed by atoms with van der Waals surface area (Å²) in [4.78, 5) is 4.24. The van der Waals surface area contributed by atoms with Crippen LogP contribution >= 0.6 is 35.7 Å². The van der Waals surface area contributed by atoms with Crippen LogP contribution in [-0.2, 0) is 0 Å². The number of nitrogens with zero attached hydrogens (tertiary/aromatic N) is 1. The van der Waals surface area contributed by atoms with Gasteiger partial charge in [-0.15, -0.1) is 24.0 Å². The molecule has 3 nitrogen and oxygen atoms in total. The van der Waals surface area contributed by atoms with E-state index in [1.165, 1.54) is 50.7 Å². The fourth-order valence-electron chi connectivity index (χ4n) is 2.54. The minimum Gasteiger partial charge on any atom is -0.356 e. The molecule has 0 radical (unpaired) electrons. The minimum atomic E-state index is 0. The lowest BCUT2D eigenvalue weighted by atomic mass is 10.0. The summed E-state index contributed by atoms with van der Waals surface area (Å²) in [5, 5.41) is 6.76. The number of thioether (sulfide) groups is 1. The molecule has 0 amide bonds. The Morgan fingerprint density at radius 2 is 1.79 bits per heavy atom. The van der Waals surface area contributed by atoms with E-state index in [1.807, 2.05) is 18.8 Å². The highest BCUT2D eigenvalue weighted by molar-refractivity contribution is 14.0. The predicted octanol–water partition coefficient (Wildman–Crippen LogP) is 3.49. The second-order valence-corrected chi connectivity index (χ2v) is 6.05. The summed E-state index contributed by atoms with van der Waals surface area (Å²) in [6.45, 7) is 2.07. The van der Waals surface area contributed by atoms with Gasteiger partial charge in [0.1, 0.15) is 0 Å². The van der Waals surface area contributed by atoms with Gasteiger partial charge in [-0.25, -0.2) is 0 Å². The van der Waals surface area contributed by atoms with Gasteiger partial charge in [0.2, 0.25) is 0 Å². The Kier molecular flexibility index (Phi) is 13.6. The normalized spacial score (nSPS) is 16.2. The molecule has 0 heterocycles. The van der Waals surface area contributed by atoms with Gasteiger partial charge < -0.3 is 10.6 Å². The van der Waals surface area contributed by atoms with E-state index in [-0.39, 0.29) is 24.0 Å². The number of aliphatic imine (C=N–C) groups is 1. The van der Waals surface area contributed by atoms with E-state index in [9.17, 15) is 0 Å². The first-order valence-corrected chi connectivity index (χ1v) is 8.69. The molecule has 19 heavy (non-hydrogen) atoms. The van der Waals surface area contributed by atoms with Crippen LogP contribution in [0, 0.1) is 5.92 Å². The fraction of sp³-hybridized carbons (Fsp3) is 0.929. The van der Waals surface area contributed by atoms with Crippen LogP contribution in [0.25, 0.3) is 0 Å². The number of rotatable bonds is 8. The lowest BCUT2D eigenvalue weighted by molar-refractivity contribution is 0.481. The second-order valence-electron chi connectivity index (χ2n) is 5.06. The Hall–Kier alpha value is 0.350. The van der Waals surface area contributed by atoms with E-state index in [0.29, 0.717) is 0 Å². The van der Waals surface area contributed by atoms with Crippen molar-refractivity contribution in [1.82, 2.24) is 10.6 Å². The van der Waals surface area contributed by atoms with Crippen LogP contribution in [0.15, 0.2) is 4.99 Å². The molecule has 0 aromatic heterocycles. The third kappa shape index (κ3) is 9.82. The number of hydrogen-bond acceptors (Lipinski definition) is 2. The topological polar surface area (TPSA) is 36.4 Å². The first-order valence-electron chi connectivity index (χ1n) is 7.30. The Morgan fingerprint density at radius 1 is 1.16 bits per heavy atom. The molecule has 114 valence electrons. The summed E-state index contributed by atoms with van der Waals surface area (Å²) in [5.74, 6) is 3.18. The molecule has 0 aliphatic heterocycles. The van der Waals surface area contributed by atoms with E-state index in [0.717, 1.165) is 25.0 Å². The van der Waals surface area contributed by atoms with Gasteiger partial charge in [0.05, 0.1) is 0 Å². The van der Waals surface area contributed by atoms with Crippen LogP contribution < -0.4 is 10.6 Å². The fourth-order valence-corrected chi connectivity index (χ4v) is 2.97. The Bertz CT molecular complexity index is 231. The highest BCUT2D eigenvalue weighted by Gasteiger charge is 2.13. The van der Waals surface area contributed by atoms with E-state index < -0.39 is 0 Å². The van der Waals surface area contributed by atoms with Crippen molar-refractivity contribution in [3.05, 3.63) is 0 Å². The molecular formula is C14H30IN3S. The van der Waals surface area contributed by atoms with Crippen molar-refractivity contribution in [1.29, 1.82) is 0 Å². The summed E-state index contributed by atoms with van der Waals surface area (Å²) in [6.07, 6.45) is 11.8. The largest absolute Gasteiger partial charge is 0.356 e. The second kappa shape index (κ2) is 13.3. The highest BCUT2D eigenvalue weighted by atomic mass is 127. The smallest absolute Gasteiger partial charge is 0.190 e. The summed E-state index contributed by atoms with van der Waals surface area (Å²) < 4.78 is 0. The zero-order valence-corrected chi connectivity index (χ0v) is 15.6. The van der Waals surface area contributed by atoms with Crippen molar-refractivity contribution in [2.24, 2.45) is 10.9 Å². The molecular weight excluding hydrogens is 369 g/mol. The lowest BCUT2D eigenvalue weighted by Gasteiger charge is -2.13. The molecule has 1 aliphatic rings. The first-order chi connectivity index (χ1) is 8.86. The molecule has 2 N–H and O–H groups in total. The van der Waals surface area contributed by atoms with E-state index in [1.54, 1.807) is 0 Å². The van der Waals surface area contributed by atoms with E-state index in [4.69, 9.17) is 0 Å². The molecule has 5 heteroatoms. The summed E-state index contributed by atoms with van der Waals surface area (Å²) in [7, 11) is 1.85. The zero-order chi connectivity index (χ0) is 13.1. The van der Waals surface area contributed by atoms with Gasteiger partial charge in [-0.1, -0.05) is 25.7 Å². The van der Waals surface area contributed by atoms with Gasteiger partial charge in [-0.3, -0.25) is 4.99 Å². The van der Waals surface area contributed by atoms with Crippen LogP contribution in [0.4, 0.5) is 0 Å². The van der Waals surface area contributed by atoms with Gasteiger partial charge in [0, 0.05) is 20.1 Å². The molecule has 0 aromatic carbocycles. The zero-order valence-electron chi connectivity index (χ0n) is 12.4. The van der Waals surface area contributed by atoms with Gasteiger partial charge in [-0.2, -0.15) is 11.8 Å². The lowest BCUT2D eigenvalue weighted by Crippen LogP contribution is -2.38. The van der Waals surface area contributed by atoms with Crippen molar-refractivity contribution in [2.75, 3.05) is 32.1 Å². The van der Waals surface area contributed by atoms with Gasteiger partial charge in [0.15, 0.2) is 5.96 Å². The monoisotopic (exact) mass is 399 g/mol. The van der Waals surface area contributed by atoms with Crippen molar-refractivity contribution < 1.29 is 0 Å². The maximum atomic E-state index is 4.24. The van der Waals surface area contributed by atoms with E-state index in [2.05, 4.69) is 21.9 Å². The number of nitrogens with one attached hydrogen (secondary N) is 2. The maximum absolute atomic E-state index is 4.24. The molecule has 0 aromatic rings. The van der Waals surface area contributed by atoms with Crippen LogP contribution in [0.1, 0.15) is 44.9 Å². The standard InChI is InChI=1S/C14H29N3S.HI/c1-15-14(17-11-6-12-18-2)16-10-5-9-13-7-3-4-8-13;/h13H,3-12H2,1-2H3,(H2,15,16,17);1H. The van der Waals surface area contributed by atoms with Crippen molar-refractivity contribution in [2.45, 2.75) is 44.9 Å². The Labute approximate surface area is 140 Å². The molecule has 1 fully saturated rings. The highest BCUT2D eigenvalue weighted by Crippen LogP contribution is 2.28. The first kappa shape index (κ1) is 19.4. The van der Waals surface area contributed by atoms with Crippen LogP contribution in [0.5, 0.6) is 0 Å². The molecule has 1 aliphatic carbocycles. The van der Waals surface area contributed by atoms with Crippen molar-refractivity contribution in [3.8, 4) is 0 Å². The Balaban J connectivity index is 0.00000324. The van der Waals surface area contributed by atoms with Crippen molar-refractivity contribution >= 4 is 41.7 Å². The summed E-state index contributed by atoms with van der Waals surface area (Å²) in [6, 6.07) is 0. The minimum absolute atomic E-state index is 0. The molecule has 1 saturated carbocycles. The number of hydrogen-bond donors (Lipinski definition) is 2. The maximum Gasteiger partial charge on any atom is 0.190 e. The SMILES string of the molecule is CN=C(NCCCSC)NCCCC1CCCC1.I. The molecule has 0 bridgehead atoms. The summed E-state index contributed by atoms with van der Waals surface area (Å²) in [5.41, 5.74) is 0. The van der Waals surface area contributed by atoms with Gasteiger partial charge >= 0.3 is 0 Å². The van der Waals surface area contributed by atoms with Crippen LogP contribution in [-0.4, -0.2) is 38.1 Å². The molecule has 1 rings (SSSR count). The van der Waals surface area contributed by atoms with Crippen LogP contribution in [0.3, 0.4) is 0 Å². The molecule has 0 saturated heterocycles. The van der Waals surface area contributed by atoms with Crippen molar-refractivity contribution in [3.63, 3.8) is 0 Å². The van der Waals surface area contributed by atoms with Crippen LogP contribution in [0.2, 0.25) is 0 Å². The number of guanidine groups is 1. The van der Waals surface area contributed by atoms with E-state index >= 15 is 0 Å². The molecule has 0 atom stereocenters. The average molecular weight is 399 g/mol. The third-order valence-electron chi connectivity index (χ3n) is 3.60. The number of halogens is 1. The Morgan fingerprint density at radius 3 is 2.37 bits per heavy atom. The third-order valence-corrected chi connectivity index (χ3v) is 4.29.